The van der Waals surface area contributed by atoms with Gasteiger partial charge in [-0.25, -0.2) is 4.99 Å². The molecule has 0 unspecified atom stereocenters. The second-order valence-electron chi connectivity index (χ2n) is 7.13. The summed E-state index contributed by atoms with van der Waals surface area (Å²) in [6.45, 7) is 11.0. The molecule has 0 atom stereocenters. The van der Waals surface area contributed by atoms with Crippen LogP contribution < -0.4 is 16.0 Å². The quantitative estimate of drug-likeness (QED) is 0.345. The summed E-state index contributed by atoms with van der Waals surface area (Å²) in [6, 6.07) is 7.62. The van der Waals surface area contributed by atoms with Crippen LogP contribution in [0.3, 0.4) is 0 Å². The van der Waals surface area contributed by atoms with E-state index >= 15 is 0 Å². The third kappa shape index (κ3) is 6.62. The van der Waals surface area contributed by atoms with E-state index in [1.54, 1.807) is 0 Å². The number of nitrogens with zero attached hydrogens (tertiary/aromatic N) is 3. The summed E-state index contributed by atoms with van der Waals surface area (Å²) in [5.41, 5.74) is 5.11. The lowest BCUT2D eigenvalue weighted by Gasteiger charge is -2.12. The van der Waals surface area contributed by atoms with Gasteiger partial charge in [-0.05, 0) is 44.9 Å². The van der Waals surface area contributed by atoms with Gasteiger partial charge in [0.05, 0.1) is 12.2 Å². The van der Waals surface area contributed by atoms with Crippen LogP contribution in [0.4, 0.5) is 0 Å². The molecule has 0 saturated heterocycles. The Kier molecular flexibility index (Phi) is 8.70. The minimum atomic E-state index is -0.0225. The minimum absolute atomic E-state index is 0.0225. The Balaban J connectivity index is 1.96. The summed E-state index contributed by atoms with van der Waals surface area (Å²) < 4.78 is 1.90. The number of amides is 1. The van der Waals surface area contributed by atoms with Crippen LogP contribution >= 0.6 is 0 Å². The van der Waals surface area contributed by atoms with Crippen molar-refractivity contribution in [2.24, 2.45) is 12.0 Å². The van der Waals surface area contributed by atoms with Crippen LogP contribution in [0.1, 0.15) is 59.6 Å². The number of hydrogen-bond donors (Lipinski definition) is 3. The highest BCUT2D eigenvalue weighted by molar-refractivity contribution is 5.94. The van der Waals surface area contributed by atoms with Gasteiger partial charge in [-0.15, -0.1) is 0 Å². The van der Waals surface area contributed by atoms with Gasteiger partial charge in [-0.3, -0.25) is 9.48 Å². The fraction of sp³-hybridized carbons (Fsp3) is 0.500. The van der Waals surface area contributed by atoms with Crippen LogP contribution in [0.15, 0.2) is 29.3 Å². The van der Waals surface area contributed by atoms with E-state index in [1.165, 1.54) is 5.56 Å². The molecule has 7 heteroatoms. The zero-order valence-electron chi connectivity index (χ0n) is 18.3. The number of nitrogens with one attached hydrogen (secondary N) is 3. The zero-order chi connectivity index (χ0) is 21.2. The van der Waals surface area contributed by atoms with Crippen molar-refractivity contribution in [2.45, 2.75) is 53.6 Å². The van der Waals surface area contributed by atoms with Gasteiger partial charge < -0.3 is 16.0 Å². The van der Waals surface area contributed by atoms with Crippen molar-refractivity contribution in [3.8, 4) is 0 Å². The lowest BCUT2D eigenvalue weighted by atomic mass is 10.1. The Hall–Kier alpha value is -2.83. The molecule has 1 amide bonds. The highest BCUT2D eigenvalue weighted by atomic mass is 16.1. The molecule has 0 spiro atoms. The maximum atomic E-state index is 12.1. The SMILES string of the molecule is CCCCNC(=O)c1ccc(CN=C(NCC)NCc2c(C)nn(C)c2C)cc1. The van der Waals surface area contributed by atoms with Gasteiger partial charge >= 0.3 is 0 Å². The van der Waals surface area contributed by atoms with Crippen molar-refractivity contribution in [3.63, 3.8) is 0 Å². The van der Waals surface area contributed by atoms with E-state index in [-0.39, 0.29) is 5.91 Å². The molecule has 1 aromatic heterocycles. The van der Waals surface area contributed by atoms with Crippen LogP contribution in [0, 0.1) is 13.8 Å². The first kappa shape index (κ1) is 22.5. The van der Waals surface area contributed by atoms with Crippen molar-refractivity contribution in [1.29, 1.82) is 0 Å². The third-order valence-corrected chi connectivity index (χ3v) is 4.89. The van der Waals surface area contributed by atoms with E-state index in [1.807, 2.05) is 49.8 Å². The smallest absolute Gasteiger partial charge is 0.251 e. The molecule has 29 heavy (non-hydrogen) atoms. The highest BCUT2D eigenvalue weighted by Crippen LogP contribution is 2.11. The largest absolute Gasteiger partial charge is 0.357 e. The van der Waals surface area contributed by atoms with Crippen molar-refractivity contribution in [1.82, 2.24) is 25.7 Å². The van der Waals surface area contributed by atoms with Gasteiger partial charge in [0.2, 0.25) is 0 Å². The number of unbranched alkanes of at least 4 members (excludes halogenated alkanes) is 1. The molecule has 0 bridgehead atoms. The number of carbonyl (C=O) groups is 1. The molecule has 1 heterocycles. The van der Waals surface area contributed by atoms with Gasteiger partial charge in [0.25, 0.3) is 5.91 Å². The van der Waals surface area contributed by atoms with Crippen LogP contribution in [-0.4, -0.2) is 34.7 Å². The van der Waals surface area contributed by atoms with E-state index in [9.17, 15) is 4.79 Å². The van der Waals surface area contributed by atoms with Crippen molar-refractivity contribution < 1.29 is 4.79 Å². The number of benzene rings is 1. The molecule has 7 nitrogen and oxygen atoms in total. The molecule has 158 valence electrons. The van der Waals surface area contributed by atoms with E-state index in [0.29, 0.717) is 18.7 Å². The van der Waals surface area contributed by atoms with E-state index in [4.69, 9.17) is 0 Å². The predicted molar refractivity (Wildman–Crippen MR) is 118 cm³/mol. The molecular formula is C22H34N6O. The average molecular weight is 399 g/mol. The lowest BCUT2D eigenvalue weighted by molar-refractivity contribution is 0.0953. The Bertz CT molecular complexity index is 823. The summed E-state index contributed by atoms with van der Waals surface area (Å²) in [6.07, 6.45) is 2.07. The molecule has 0 aliphatic carbocycles. The molecule has 1 aromatic carbocycles. The molecule has 3 N–H and O–H groups in total. The molecule has 0 aliphatic rings. The Morgan fingerprint density at radius 1 is 1.10 bits per heavy atom. The Morgan fingerprint density at radius 2 is 1.83 bits per heavy atom. The molecule has 0 saturated carbocycles. The zero-order valence-corrected chi connectivity index (χ0v) is 18.3. The molecule has 0 radical (unpaired) electrons. The highest BCUT2D eigenvalue weighted by Gasteiger charge is 2.10. The number of carbonyl (C=O) groups excluding carboxylic acids is 1. The first-order valence-electron chi connectivity index (χ1n) is 10.3. The summed E-state index contributed by atoms with van der Waals surface area (Å²) in [7, 11) is 1.96. The van der Waals surface area contributed by atoms with E-state index in [2.05, 4.69) is 39.9 Å². The third-order valence-electron chi connectivity index (χ3n) is 4.89. The normalized spacial score (nSPS) is 11.4. The van der Waals surface area contributed by atoms with Gasteiger partial charge in [-0.2, -0.15) is 5.10 Å². The van der Waals surface area contributed by atoms with Gasteiger partial charge in [-0.1, -0.05) is 25.5 Å². The van der Waals surface area contributed by atoms with E-state index in [0.717, 1.165) is 48.8 Å². The first-order chi connectivity index (χ1) is 14.0. The summed E-state index contributed by atoms with van der Waals surface area (Å²) in [5, 5.41) is 14.1. The lowest BCUT2D eigenvalue weighted by Crippen LogP contribution is -2.37. The number of aliphatic imine (C=N–C) groups is 1. The summed E-state index contributed by atoms with van der Waals surface area (Å²) in [4.78, 5) is 16.8. The number of aryl methyl sites for hydroxylation is 2. The number of aromatic nitrogens is 2. The summed E-state index contributed by atoms with van der Waals surface area (Å²) in [5.74, 6) is 0.738. The fourth-order valence-electron chi connectivity index (χ4n) is 3.00. The minimum Gasteiger partial charge on any atom is -0.357 e. The number of hydrogen-bond acceptors (Lipinski definition) is 3. The maximum Gasteiger partial charge on any atom is 0.251 e. The Morgan fingerprint density at radius 3 is 2.41 bits per heavy atom. The predicted octanol–water partition coefficient (Wildman–Crippen LogP) is 2.82. The van der Waals surface area contributed by atoms with Crippen molar-refractivity contribution in [3.05, 3.63) is 52.3 Å². The molecule has 2 aromatic rings. The standard InChI is InChI=1S/C22H34N6O/c1-6-8-13-24-21(29)19-11-9-18(10-12-19)14-25-22(23-7-2)26-15-20-16(3)27-28(5)17(20)4/h9-12H,6-8,13-15H2,1-5H3,(H,24,29)(H2,23,25,26). The van der Waals surface area contributed by atoms with Crippen LogP contribution in [0.2, 0.25) is 0 Å². The van der Waals surface area contributed by atoms with Crippen LogP contribution in [0.5, 0.6) is 0 Å². The average Bonchev–Trinajstić information content (AvgIpc) is 2.96. The number of guanidine groups is 1. The topological polar surface area (TPSA) is 83.3 Å². The molecule has 0 fully saturated rings. The Labute approximate surface area is 174 Å². The molecular weight excluding hydrogens is 364 g/mol. The van der Waals surface area contributed by atoms with Crippen LogP contribution in [0.25, 0.3) is 0 Å². The van der Waals surface area contributed by atoms with Crippen LogP contribution in [-0.2, 0) is 20.1 Å². The second-order valence-corrected chi connectivity index (χ2v) is 7.13. The number of rotatable bonds is 9. The monoisotopic (exact) mass is 398 g/mol. The molecule has 2 rings (SSSR count). The maximum absolute atomic E-state index is 12.1. The van der Waals surface area contributed by atoms with Gasteiger partial charge in [0.15, 0.2) is 5.96 Å². The molecule has 0 aliphatic heterocycles. The first-order valence-corrected chi connectivity index (χ1v) is 10.3. The van der Waals surface area contributed by atoms with Gasteiger partial charge in [0.1, 0.15) is 0 Å². The summed E-state index contributed by atoms with van der Waals surface area (Å²) >= 11 is 0. The van der Waals surface area contributed by atoms with E-state index < -0.39 is 0 Å². The fourth-order valence-corrected chi connectivity index (χ4v) is 3.00. The van der Waals surface area contributed by atoms with Gasteiger partial charge in [0, 0.05) is 43.5 Å². The van der Waals surface area contributed by atoms with Crippen molar-refractivity contribution >= 4 is 11.9 Å². The second kappa shape index (κ2) is 11.2. The van der Waals surface area contributed by atoms with Crippen molar-refractivity contribution in [2.75, 3.05) is 13.1 Å².